The Balaban J connectivity index is 1.69. The Morgan fingerprint density at radius 3 is 3.00 bits per heavy atom. The second-order valence-electron chi connectivity index (χ2n) is 6.95. The fourth-order valence-electron chi connectivity index (χ4n) is 3.21. The van der Waals surface area contributed by atoms with Gasteiger partial charge in [-0.3, -0.25) is 9.89 Å². The third-order valence-corrected chi connectivity index (χ3v) is 4.56. The van der Waals surface area contributed by atoms with Crippen molar-refractivity contribution in [3.63, 3.8) is 0 Å². The van der Waals surface area contributed by atoms with E-state index in [1.54, 1.807) is 0 Å². The lowest BCUT2D eigenvalue weighted by Gasteiger charge is -2.33. The van der Waals surface area contributed by atoms with Gasteiger partial charge in [0.15, 0.2) is 5.82 Å². The first-order chi connectivity index (χ1) is 12.1. The Kier molecular flexibility index (Phi) is 5.81. The molecule has 1 N–H and O–H groups in total. The Labute approximate surface area is 148 Å². The van der Waals surface area contributed by atoms with Crippen molar-refractivity contribution < 1.29 is 9.53 Å². The van der Waals surface area contributed by atoms with Gasteiger partial charge in [-0.05, 0) is 18.4 Å². The topological polar surface area (TPSA) is 71.1 Å². The first kappa shape index (κ1) is 17.6. The SMILES string of the molecule is CC(C)CCC[C@@H]1CN(C(=O)c2ccccc2-c2ncn[nH]2)CCO1. The number of rotatable bonds is 6. The van der Waals surface area contributed by atoms with E-state index in [0.29, 0.717) is 37.0 Å². The van der Waals surface area contributed by atoms with Crippen molar-refractivity contribution in [3.05, 3.63) is 36.2 Å². The van der Waals surface area contributed by atoms with Gasteiger partial charge in [-0.25, -0.2) is 4.98 Å². The fourth-order valence-corrected chi connectivity index (χ4v) is 3.21. The summed E-state index contributed by atoms with van der Waals surface area (Å²) in [6.07, 6.45) is 4.93. The van der Waals surface area contributed by atoms with Crippen LogP contribution in [0, 0.1) is 5.92 Å². The molecule has 0 saturated carbocycles. The van der Waals surface area contributed by atoms with Gasteiger partial charge in [0, 0.05) is 18.7 Å². The van der Waals surface area contributed by atoms with E-state index in [2.05, 4.69) is 29.0 Å². The van der Waals surface area contributed by atoms with Crippen LogP contribution in [0.4, 0.5) is 0 Å². The normalized spacial score (nSPS) is 17.9. The molecule has 6 heteroatoms. The van der Waals surface area contributed by atoms with Gasteiger partial charge in [-0.1, -0.05) is 44.9 Å². The third kappa shape index (κ3) is 4.45. The van der Waals surface area contributed by atoms with Crippen molar-refractivity contribution in [2.75, 3.05) is 19.7 Å². The zero-order valence-electron chi connectivity index (χ0n) is 14.9. The molecule has 1 aliphatic rings. The highest BCUT2D eigenvalue weighted by atomic mass is 16.5. The summed E-state index contributed by atoms with van der Waals surface area (Å²) in [4.78, 5) is 19.1. The number of H-pyrrole nitrogens is 1. The molecule has 0 bridgehead atoms. The van der Waals surface area contributed by atoms with Gasteiger partial charge in [0.05, 0.1) is 18.3 Å². The minimum atomic E-state index is 0.0316. The van der Waals surface area contributed by atoms with Crippen molar-refractivity contribution >= 4 is 5.91 Å². The third-order valence-electron chi connectivity index (χ3n) is 4.56. The standard InChI is InChI=1S/C19H26N4O2/c1-14(2)6-5-7-15-12-23(10-11-25-15)19(24)17-9-4-3-8-16(17)18-20-13-21-22-18/h3-4,8-9,13-15H,5-7,10-12H2,1-2H3,(H,20,21,22)/t15-/m1/s1. The molecule has 0 radical (unpaired) electrons. The predicted molar refractivity (Wildman–Crippen MR) is 96.2 cm³/mol. The molecular formula is C19H26N4O2. The van der Waals surface area contributed by atoms with Crippen LogP contribution in [0.15, 0.2) is 30.6 Å². The number of carbonyl (C=O) groups excluding carboxylic acids is 1. The monoisotopic (exact) mass is 342 g/mol. The molecule has 2 heterocycles. The molecule has 1 atom stereocenters. The summed E-state index contributed by atoms with van der Waals surface area (Å²) in [7, 11) is 0. The van der Waals surface area contributed by atoms with Crippen LogP contribution in [-0.2, 0) is 4.74 Å². The summed E-state index contributed by atoms with van der Waals surface area (Å²) in [5.41, 5.74) is 1.44. The van der Waals surface area contributed by atoms with Crippen LogP contribution in [0.25, 0.3) is 11.4 Å². The summed E-state index contributed by atoms with van der Waals surface area (Å²) in [5, 5.41) is 6.73. The van der Waals surface area contributed by atoms with E-state index in [-0.39, 0.29) is 12.0 Å². The molecule has 134 valence electrons. The lowest BCUT2D eigenvalue weighted by Crippen LogP contribution is -2.45. The summed E-state index contributed by atoms with van der Waals surface area (Å²) >= 11 is 0. The quantitative estimate of drug-likeness (QED) is 0.875. The minimum Gasteiger partial charge on any atom is -0.375 e. The smallest absolute Gasteiger partial charge is 0.254 e. The van der Waals surface area contributed by atoms with Crippen LogP contribution < -0.4 is 0 Å². The van der Waals surface area contributed by atoms with Crippen molar-refractivity contribution in [1.82, 2.24) is 20.1 Å². The van der Waals surface area contributed by atoms with E-state index in [1.165, 1.54) is 12.7 Å². The van der Waals surface area contributed by atoms with Gasteiger partial charge in [0.1, 0.15) is 6.33 Å². The van der Waals surface area contributed by atoms with Crippen LogP contribution in [0.3, 0.4) is 0 Å². The van der Waals surface area contributed by atoms with Crippen molar-refractivity contribution in [1.29, 1.82) is 0 Å². The first-order valence-electron chi connectivity index (χ1n) is 9.00. The van der Waals surface area contributed by atoms with E-state index in [4.69, 9.17) is 4.74 Å². The highest BCUT2D eigenvalue weighted by Crippen LogP contribution is 2.23. The lowest BCUT2D eigenvalue weighted by atomic mass is 10.0. The maximum absolute atomic E-state index is 13.1. The predicted octanol–water partition coefficient (Wildman–Crippen LogP) is 3.14. The number of benzene rings is 1. The summed E-state index contributed by atoms with van der Waals surface area (Å²) in [6, 6.07) is 7.54. The number of amides is 1. The zero-order chi connectivity index (χ0) is 17.6. The van der Waals surface area contributed by atoms with E-state index >= 15 is 0 Å². The van der Waals surface area contributed by atoms with Crippen LogP contribution >= 0.6 is 0 Å². The molecular weight excluding hydrogens is 316 g/mol. The van der Waals surface area contributed by atoms with E-state index < -0.39 is 0 Å². The molecule has 1 amide bonds. The number of hydrogen-bond donors (Lipinski definition) is 1. The molecule has 0 aliphatic carbocycles. The molecule has 25 heavy (non-hydrogen) atoms. The van der Waals surface area contributed by atoms with Crippen LogP contribution in [-0.4, -0.2) is 51.8 Å². The highest BCUT2D eigenvalue weighted by molar-refractivity contribution is 6.00. The Morgan fingerprint density at radius 1 is 1.40 bits per heavy atom. The van der Waals surface area contributed by atoms with Gasteiger partial charge in [-0.15, -0.1) is 0 Å². The average Bonchev–Trinajstić information content (AvgIpc) is 3.15. The number of carbonyl (C=O) groups is 1. The molecule has 3 rings (SSSR count). The maximum atomic E-state index is 13.1. The van der Waals surface area contributed by atoms with Crippen LogP contribution in [0.2, 0.25) is 0 Å². The lowest BCUT2D eigenvalue weighted by molar-refractivity contribution is -0.0259. The van der Waals surface area contributed by atoms with E-state index in [9.17, 15) is 4.79 Å². The largest absolute Gasteiger partial charge is 0.375 e. The van der Waals surface area contributed by atoms with Crippen LogP contribution in [0.5, 0.6) is 0 Å². The molecule has 2 aromatic rings. The Hall–Kier alpha value is -2.21. The first-order valence-corrected chi connectivity index (χ1v) is 9.00. The minimum absolute atomic E-state index is 0.0316. The van der Waals surface area contributed by atoms with Crippen molar-refractivity contribution in [3.8, 4) is 11.4 Å². The van der Waals surface area contributed by atoms with Crippen molar-refractivity contribution in [2.24, 2.45) is 5.92 Å². The molecule has 6 nitrogen and oxygen atoms in total. The maximum Gasteiger partial charge on any atom is 0.254 e. The number of aromatic amines is 1. The van der Waals surface area contributed by atoms with Gasteiger partial charge < -0.3 is 9.64 Å². The van der Waals surface area contributed by atoms with E-state index in [1.807, 2.05) is 29.2 Å². The molecule has 1 aromatic carbocycles. The number of aromatic nitrogens is 3. The second kappa shape index (κ2) is 8.25. The van der Waals surface area contributed by atoms with Crippen LogP contribution in [0.1, 0.15) is 43.5 Å². The highest BCUT2D eigenvalue weighted by Gasteiger charge is 2.26. The fraction of sp³-hybridized carbons (Fsp3) is 0.526. The molecule has 0 spiro atoms. The summed E-state index contributed by atoms with van der Waals surface area (Å²) in [6.45, 7) is 6.35. The Morgan fingerprint density at radius 2 is 2.24 bits per heavy atom. The number of nitrogens with one attached hydrogen (secondary N) is 1. The van der Waals surface area contributed by atoms with Gasteiger partial charge >= 0.3 is 0 Å². The number of hydrogen-bond acceptors (Lipinski definition) is 4. The molecule has 1 fully saturated rings. The summed E-state index contributed by atoms with van der Waals surface area (Å²) < 4.78 is 5.86. The molecule has 0 unspecified atom stereocenters. The zero-order valence-corrected chi connectivity index (χ0v) is 14.9. The molecule has 1 aromatic heterocycles. The van der Waals surface area contributed by atoms with Crippen molar-refractivity contribution in [2.45, 2.75) is 39.2 Å². The molecule has 1 saturated heterocycles. The summed E-state index contributed by atoms with van der Waals surface area (Å²) in [5.74, 6) is 1.35. The Bertz CT molecular complexity index is 684. The van der Waals surface area contributed by atoms with Gasteiger partial charge in [0.2, 0.25) is 0 Å². The average molecular weight is 342 g/mol. The number of morpholine rings is 1. The van der Waals surface area contributed by atoms with E-state index in [0.717, 1.165) is 18.4 Å². The second-order valence-corrected chi connectivity index (χ2v) is 6.95. The molecule has 1 aliphatic heterocycles. The number of nitrogens with zero attached hydrogens (tertiary/aromatic N) is 3. The van der Waals surface area contributed by atoms with Gasteiger partial charge in [0.25, 0.3) is 5.91 Å². The van der Waals surface area contributed by atoms with Gasteiger partial charge in [-0.2, -0.15) is 5.10 Å². The number of ether oxygens (including phenoxy) is 1.